The van der Waals surface area contributed by atoms with Crippen LogP contribution in [0.1, 0.15) is 0 Å². The molecule has 0 heterocycles. The standard InChI is InChI=1S/Ce.ClH.7H2O/h;1H;7*1H2/q+4;;;;;;;;/p-1. The average molecular weight is 302 g/mol. The van der Waals surface area contributed by atoms with E-state index >= 15 is 0 Å². The molecule has 0 aliphatic carbocycles. The minimum Gasteiger partial charge on any atom is -1.00 e. The maximum Gasteiger partial charge on any atom is 4.00 e. The largest absolute Gasteiger partial charge is 4.00 e. The first-order valence-corrected chi connectivity index (χ1v) is 0. The van der Waals surface area contributed by atoms with Crippen molar-refractivity contribution in [2.75, 3.05) is 0 Å². The van der Waals surface area contributed by atoms with Crippen LogP contribution in [0.5, 0.6) is 0 Å². The summed E-state index contributed by atoms with van der Waals surface area (Å²) in [5, 5.41) is 0. The Morgan fingerprint density at radius 2 is 0.333 bits per heavy atom. The Bertz CT molecular complexity index is 8.88. The Hall–Kier alpha value is 1.39. The molecule has 0 radical (unpaired) electrons. The molecule has 0 aromatic heterocycles. The van der Waals surface area contributed by atoms with E-state index < -0.39 is 0 Å². The molecular formula is H14CeClO7+3. The van der Waals surface area contributed by atoms with Crippen LogP contribution in [0.3, 0.4) is 0 Å². The van der Waals surface area contributed by atoms with Gasteiger partial charge in [-0.15, -0.1) is 0 Å². The van der Waals surface area contributed by atoms with Crippen molar-refractivity contribution in [3.63, 3.8) is 0 Å². The number of hydrogen-bond donors (Lipinski definition) is 0. The van der Waals surface area contributed by atoms with Crippen LogP contribution in [-0.2, 0) is 0 Å². The van der Waals surface area contributed by atoms with Gasteiger partial charge in [0, 0.05) is 0 Å². The monoisotopic (exact) mass is 301 g/mol. The zero-order valence-electron chi connectivity index (χ0n) is 4.38. The van der Waals surface area contributed by atoms with E-state index in [0.717, 1.165) is 0 Å². The molecule has 0 unspecified atom stereocenters. The molecule has 0 bridgehead atoms. The van der Waals surface area contributed by atoms with Crippen molar-refractivity contribution in [1.82, 2.24) is 0 Å². The molecule has 0 spiro atoms. The average Bonchev–Trinajstić information content (AvgIpc) is 0. The van der Waals surface area contributed by atoms with E-state index in [-0.39, 0.29) is 92.5 Å². The summed E-state index contributed by atoms with van der Waals surface area (Å²) in [5.74, 6) is 0. The fourth-order valence-corrected chi connectivity index (χ4v) is 0. The topological polar surface area (TPSA) is 220 Å². The summed E-state index contributed by atoms with van der Waals surface area (Å²) in [5.41, 5.74) is 0. The molecule has 0 saturated heterocycles. The minimum atomic E-state index is 0. The molecule has 0 amide bonds. The van der Waals surface area contributed by atoms with E-state index in [4.69, 9.17) is 0 Å². The number of rotatable bonds is 0. The van der Waals surface area contributed by atoms with Gasteiger partial charge in [-0.05, 0) is 0 Å². The summed E-state index contributed by atoms with van der Waals surface area (Å²) < 4.78 is 0. The second-order valence-electron chi connectivity index (χ2n) is 0. The molecule has 0 aromatic carbocycles. The summed E-state index contributed by atoms with van der Waals surface area (Å²) in [4.78, 5) is 0. The van der Waals surface area contributed by atoms with Gasteiger partial charge < -0.3 is 50.7 Å². The van der Waals surface area contributed by atoms with Crippen molar-refractivity contribution in [3.05, 3.63) is 0 Å². The van der Waals surface area contributed by atoms with Crippen LogP contribution in [0.25, 0.3) is 0 Å². The van der Waals surface area contributed by atoms with Crippen molar-refractivity contribution < 1.29 is 92.5 Å². The van der Waals surface area contributed by atoms with Crippen LogP contribution < -0.4 is 12.4 Å². The third-order valence-corrected chi connectivity index (χ3v) is 0. The van der Waals surface area contributed by atoms with Gasteiger partial charge in [0.2, 0.25) is 0 Å². The SMILES string of the molecule is O.O.O.O.O.O.O.[Ce+4].[Cl-]. The minimum absolute atomic E-state index is 0. The number of hydrogen-bond acceptors (Lipinski definition) is 0. The molecule has 0 fully saturated rings. The molecule has 0 aliphatic rings. The first kappa shape index (κ1) is 476. The number of halogens is 1. The molecule has 64 valence electrons. The van der Waals surface area contributed by atoms with Crippen LogP contribution >= 0.6 is 0 Å². The fraction of sp³-hybridized carbons (Fsp3) is 0. The predicted molar refractivity (Wildman–Crippen MR) is 25.3 cm³/mol. The van der Waals surface area contributed by atoms with Gasteiger partial charge in [0.05, 0.1) is 0 Å². The maximum atomic E-state index is 0. The molecule has 0 saturated carbocycles. The van der Waals surface area contributed by atoms with Crippen molar-refractivity contribution >= 4 is 0 Å². The van der Waals surface area contributed by atoms with E-state index in [1.165, 1.54) is 0 Å². The first-order chi connectivity index (χ1) is 0. The summed E-state index contributed by atoms with van der Waals surface area (Å²) in [6.45, 7) is 0. The van der Waals surface area contributed by atoms with Crippen LogP contribution in [0.15, 0.2) is 0 Å². The molecule has 0 atom stereocenters. The zero-order valence-corrected chi connectivity index (χ0v) is 8.27. The van der Waals surface area contributed by atoms with E-state index in [2.05, 4.69) is 0 Å². The van der Waals surface area contributed by atoms with E-state index in [0.29, 0.717) is 0 Å². The van der Waals surface area contributed by atoms with Crippen molar-refractivity contribution in [3.8, 4) is 0 Å². The van der Waals surface area contributed by atoms with Crippen molar-refractivity contribution in [1.29, 1.82) is 0 Å². The second kappa shape index (κ2) is 343. The van der Waals surface area contributed by atoms with Crippen molar-refractivity contribution in [2.24, 2.45) is 0 Å². The van der Waals surface area contributed by atoms with Crippen LogP contribution in [0, 0.1) is 41.7 Å². The molecular weight excluding hydrogens is 288 g/mol. The van der Waals surface area contributed by atoms with Crippen LogP contribution in [0.2, 0.25) is 0 Å². The fourth-order valence-electron chi connectivity index (χ4n) is 0. The van der Waals surface area contributed by atoms with Gasteiger partial charge in [0.25, 0.3) is 0 Å². The van der Waals surface area contributed by atoms with Crippen LogP contribution in [-0.4, -0.2) is 38.3 Å². The predicted octanol–water partition coefficient (Wildman–Crippen LogP) is -8.77. The molecule has 14 N–H and O–H groups in total. The van der Waals surface area contributed by atoms with E-state index in [9.17, 15) is 0 Å². The Balaban J connectivity index is 0. The Morgan fingerprint density at radius 3 is 0.333 bits per heavy atom. The van der Waals surface area contributed by atoms with Gasteiger partial charge in [0.15, 0.2) is 0 Å². The van der Waals surface area contributed by atoms with Gasteiger partial charge in [0.1, 0.15) is 0 Å². The summed E-state index contributed by atoms with van der Waals surface area (Å²) in [6.07, 6.45) is 0. The zero-order chi connectivity index (χ0) is 0. The van der Waals surface area contributed by atoms with Crippen molar-refractivity contribution in [2.45, 2.75) is 0 Å². The Kier molecular flexibility index (Phi) is 18200. The van der Waals surface area contributed by atoms with Gasteiger partial charge in [-0.1, -0.05) is 0 Å². The normalized spacial score (nSPS) is 0. The Labute approximate surface area is 91.8 Å². The smallest absolute Gasteiger partial charge is 1.00 e. The summed E-state index contributed by atoms with van der Waals surface area (Å²) in [6, 6.07) is 0. The second-order valence-corrected chi connectivity index (χ2v) is 0. The molecule has 0 aromatic rings. The molecule has 7 nitrogen and oxygen atoms in total. The van der Waals surface area contributed by atoms with Crippen LogP contribution in [0.4, 0.5) is 0 Å². The molecule has 0 aliphatic heterocycles. The molecule has 0 rings (SSSR count). The van der Waals surface area contributed by atoms with E-state index in [1.54, 1.807) is 0 Å². The summed E-state index contributed by atoms with van der Waals surface area (Å²) >= 11 is 0. The maximum absolute atomic E-state index is 0. The third kappa shape index (κ3) is 266. The van der Waals surface area contributed by atoms with Gasteiger partial charge in [-0.2, -0.15) is 0 Å². The third-order valence-electron chi connectivity index (χ3n) is 0. The first-order valence-electron chi connectivity index (χ1n) is 0. The summed E-state index contributed by atoms with van der Waals surface area (Å²) in [7, 11) is 0. The van der Waals surface area contributed by atoms with E-state index in [1.807, 2.05) is 0 Å². The van der Waals surface area contributed by atoms with Gasteiger partial charge in [-0.3, -0.25) is 0 Å². The quantitative estimate of drug-likeness (QED) is 0.406. The Morgan fingerprint density at radius 1 is 0.333 bits per heavy atom. The molecule has 9 heteroatoms. The van der Waals surface area contributed by atoms with Gasteiger partial charge >= 0.3 is 41.7 Å². The molecule has 9 heavy (non-hydrogen) atoms. The van der Waals surface area contributed by atoms with Gasteiger partial charge in [-0.25, -0.2) is 0 Å².